The van der Waals surface area contributed by atoms with E-state index in [-0.39, 0.29) is 17.2 Å². The van der Waals surface area contributed by atoms with Gasteiger partial charge in [0.2, 0.25) is 16.9 Å². The summed E-state index contributed by atoms with van der Waals surface area (Å²) in [7, 11) is 0. The molecule has 0 spiro atoms. The first-order valence-corrected chi connectivity index (χ1v) is 8.03. The quantitative estimate of drug-likeness (QED) is 0.447. The average Bonchev–Trinajstić information content (AvgIpc) is 3.23. The van der Waals surface area contributed by atoms with Crippen LogP contribution in [0.4, 0.5) is 5.69 Å². The van der Waals surface area contributed by atoms with E-state index in [4.69, 9.17) is 15.4 Å². The predicted octanol–water partition coefficient (Wildman–Crippen LogP) is 1.68. The minimum Gasteiger partial charge on any atom is -0.478 e. The summed E-state index contributed by atoms with van der Waals surface area (Å²) in [6.45, 7) is 0. The second kappa shape index (κ2) is 7.09. The van der Waals surface area contributed by atoms with Crippen LogP contribution in [0.2, 0.25) is 0 Å². The highest BCUT2D eigenvalue weighted by molar-refractivity contribution is 7.99. The van der Waals surface area contributed by atoms with Crippen LogP contribution in [0.3, 0.4) is 0 Å². The van der Waals surface area contributed by atoms with Crippen molar-refractivity contribution in [3.05, 3.63) is 48.2 Å². The van der Waals surface area contributed by atoms with Crippen LogP contribution in [-0.2, 0) is 4.79 Å². The summed E-state index contributed by atoms with van der Waals surface area (Å²) in [5.41, 5.74) is 0.648. The molecular weight excluding hydrogens is 346 g/mol. The van der Waals surface area contributed by atoms with E-state index in [1.54, 1.807) is 12.1 Å². The highest BCUT2D eigenvalue weighted by atomic mass is 32.2. The van der Waals surface area contributed by atoms with E-state index in [0.29, 0.717) is 22.4 Å². The number of aromatic carboxylic acids is 1. The zero-order valence-corrected chi connectivity index (χ0v) is 13.6. The molecule has 0 atom stereocenters. The summed E-state index contributed by atoms with van der Waals surface area (Å²) in [5.74, 6) is 5.49. The first kappa shape index (κ1) is 16.6. The molecule has 0 aliphatic rings. The number of aromatic nitrogens is 3. The Morgan fingerprint density at radius 1 is 1.24 bits per heavy atom. The van der Waals surface area contributed by atoms with Gasteiger partial charge in [0.1, 0.15) is 0 Å². The number of nitrogens with one attached hydrogen (secondary N) is 1. The Hall–Kier alpha value is -3.27. The SMILES string of the molecule is Nn1c(SCC(=O)Nc2ccc(C(=O)O)cc2)nnc1-c1ccco1. The van der Waals surface area contributed by atoms with Crippen LogP contribution in [-0.4, -0.2) is 37.6 Å². The minimum absolute atomic E-state index is 0.0637. The number of furan rings is 1. The van der Waals surface area contributed by atoms with Crippen LogP contribution in [0, 0.1) is 0 Å². The third kappa shape index (κ3) is 3.80. The maximum Gasteiger partial charge on any atom is 0.335 e. The number of benzene rings is 1. The van der Waals surface area contributed by atoms with Crippen molar-refractivity contribution in [3.63, 3.8) is 0 Å². The second-order valence-electron chi connectivity index (χ2n) is 4.87. The first-order valence-electron chi connectivity index (χ1n) is 7.05. The molecule has 0 fully saturated rings. The van der Waals surface area contributed by atoms with Crippen LogP contribution >= 0.6 is 11.8 Å². The number of carboxylic acid groups (broad SMARTS) is 1. The molecule has 0 aliphatic heterocycles. The number of nitrogens with zero attached hydrogens (tertiary/aromatic N) is 3. The van der Waals surface area contributed by atoms with Crippen LogP contribution in [0.5, 0.6) is 0 Å². The van der Waals surface area contributed by atoms with Gasteiger partial charge in [0, 0.05) is 5.69 Å². The lowest BCUT2D eigenvalue weighted by Crippen LogP contribution is -2.16. The molecule has 0 bridgehead atoms. The molecular formula is C15H13N5O4S. The van der Waals surface area contributed by atoms with E-state index < -0.39 is 5.97 Å². The lowest BCUT2D eigenvalue weighted by atomic mass is 10.2. The fourth-order valence-corrected chi connectivity index (χ4v) is 2.63. The smallest absolute Gasteiger partial charge is 0.335 e. The highest BCUT2D eigenvalue weighted by Crippen LogP contribution is 2.22. The van der Waals surface area contributed by atoms with Gasteiger partial charge in [-0.1, -0.05) is 11.8 Å². The zero-order valence-electron chi connectivity index (χ0n) is 12.7. The summed E-state index contributed by atoms with van der Waals surface area (Å²) in [6.07, 6.45) is 1.50. The van der Waals surface area contributed by atoms with Gasteiger partial charge in [-0.25, -0.2) is 9.47 Å². The van der Waals surface area contributed by atoms with Crippen LogP contribution in [0.25, 0.3) is 11.6 Å². The van der Waals surface area contributed by atoms with E-state index in [9.17, 15) is 9.59 Å². The summed E-state index contributed by atoms with van der Waals surface area (Å²) in [4.78, 5) is 22.8. The molecule has 1 amide bonds. The molecule has 0 radical (unpaired) electrons. The molecule has 2 heterocycles. The molecule has 3 rings (SSSR count). The largest absolute Gasteiger partial charge is 0.478 e. The van der Waals surface area contributed by atoms with Crippen molar-refractivity contribution >= 4 is 29.3 Å². The fraction of sp³-hybridized carbons (Fsp3) is 0.0667. The van der Waals surface area contributed by atoms with Gasteiger partial charge in [0.25, 0.3) is 0 Å². The topological polar surface area (TPSA) is 136 Å². The zero-order chi connectivity index (χ0) is 17.8. The Kier molecular flexibility index (Phi) is 4.70. The van der Waals surface area contributed by atoms with Crippen molar-refractivity contribution in [1.29, 1.82) is 0 Å². The standard InChI is InChI=1S/C15H13N5O4S/c16-20-13(11-2-1-7-24-11)18-19-15(20)25-8-12(21)17-10-5-3-9(4-6-10)14(22)23/h1-7H,8,16H2,(H,17,21)(H,22,23). The van der Waals surface area contributed by atoms with Crippen LogP contribution in [0.1, 0.15) is 10.4 Å². The molecule has 0 saturated carbocycles. The molecule has 128 valence electrons. The van der Waals surface area contributed by atoms with Gasteiger partial charge in [-0.2, -0.15) is 0 Å². The van der Waals surface area contributed by atoms with Gasteiger partial charge in [-0.3, -0.25) is 4.79 Å². The van der Waals surface area contributed by atoms with Gasteiger partial charge in [0.15, 0.2) is 5.76 Å². The van der Waals surface area contributed by atoms with E-state index in [1.165, 1.54) is 35.2 Å². The Bertz CT molecular complexity index is 889. The third-order valence-corrected chi connectivity index (χ3v) is 4.10. The summed E-state index contributed by atoms with van der Waals surface area (Å²) >= 11 is 1.12. The summed E-state index contributed by atoms with van der Waals surface area (Å²) in [5, 5.41) is 19.7. The number of thioether (sulfide) groups is 1. The minimum atomic E-state index is -1.02. The predicted molar refractivity (Wildman–Crippen MR) is 90.6 cm³/mol. The monoisotopic (exact) mass is 359 g/mol. The number of nitrogens with two attached hydrogens (primary N) is 1. The molecule has 9 nitrogen and oxygen atoms in total. The lowest BCUT2D eigenvalue weighted by molar-refractivity contribution is -0.113. The maximum atomic E-state index is 12.0. The summed E-state index contributed by atoms with van der Waals surface area (Å²) < 4.78 is 6.46. The van der Waals surface area contributed by atoms with Gasteiger partial charge in [-0.05, 0) is 36.4 Å². The first-order chi connectivity index (χ1) is 12.0. The number of nitrogen functional groups attached to an aromatic ring is 1. The molecule has 0 aliphatic carbocycles. The molecule has 2 aromatic heterocycles. The maximum absolute atomic E-state index is 12.0. The van der Waals surface area contributed by atoms with E-state index in [2.05, 4.69) is 15.5 Å². The average molecular weight is 359 g/mol. The molecule has 1 aromatic carbocycles. The number of amides is 1. The third-order valence-electron chi connectivity index (χ3n) is 3.15. The summed E-state index contributed by atoms with van der Waals surface area (Å²) in [6, 6.07) is 9.28. The van der Waals surface area contributed by atoms with Gasteiger partial charge in [0.05, 0.1) is 17.6 Å². The van der Waals surface area contributed by atoms with Crippen molar-refractivity contribution in [2.24, 2.45) is 0 Å². The van der Waals surface area contributed by atoms with Crippen LogP contribution < -0.4 is 11.2 Å². The Labute approximate surface area is 145 Å². The Morgan fingerprint density at radius 2 is 2.00 bits per heavy atom. The molecule has 4 N–H and O–H groups in total. The lowest BCUT2D eigenvalue weighted by Gasteiger charge is -2.05. The molecule has 0 unspecified atom stereocenters. The Morgan fingerprint density at radius 3 is 2.64 bits per heavy atom. The number of rotatable bonds is 6. The number of carbonyl (C=O) groups excluding carboxylic acids is 1. The van der Waals surface area contributed by atoms with Gasteiger partial charge >= 0.3 is 5.97 Å². The van der Waals surface area contributed by atoms with Crippen LogP contribution in [0.15, 0.2) is 52.2 Å². The number of carbonyl (C=O) groups is 2. The van der Waals surface area contributed by atoms with Crippen molar-refractivity contribution < 1.29 is 19.1 Å². The Balaban J connectivity index is 1.58. The van der Waals surface area contributed by atoms with E-state index in [1.807, 2.05) is 0 Å². The highest BCUT2D eigenvalue weighted by Gasteiger charge is 2.15. The fourth-order valence-electron chi connectivity index (χ4n) is 1.97. The van der Waals surface area contributed by atoms with Gasteiger partial charge in [-0.15, -0.1) is 10.2 Å². The molecule has 10 heteroatoms. The van der Waals surface area contributed by atoms with Gasteiger partial charge < -0.3 is 20.7 Å². The number of anilines is 1. The number of hydrogen-bond acceptors (Lipinski definition) is 7. The normalized spacial score (nSPS) is 10.6. The van der Waals surface area contributed by atoms with Crippen molar-refractivity contribution in [3.8, 4) is 11.6 Å². The molecule has 0 saturated heterocycles. The van der Waals surface area contributed by atoms with E-state index >= 15 is 0 Å². The number of carboxylic acids is 1. The number of hydrogen-bond donors (Lipinski definition) is 3. The second-order valence-corrected chi connectivity index (χ2v) is 5.82. The van der Waals surface area contributed by atoms with Crippen molar-refractivity contribution in [2.75, 3.05) is 16.9 Å². The van der Waals surface area contributed by atoms with Crippen molar-refractivity contribution in [1.82, 2.24) is 14.9 Å². The molecule has 3 aromatic rings. The molecule has 25 heavy (non-hydrogen) atoms. The van der Waals surface area contributed by atoms with Crippen molar-refractivity contribution in [2.45, 2.75) is 5.16 Å². The van der Waals surface area contributed by atoms with E-state index in [0.717, 1.165) is 11.8 Å².